The van der Waals surface area contributed by atoms with Crippen LogP contribution in [0.2, 0.25) is 0 Å². The lowest BCUT2D eigenvalue weighted by molar-refractivity contribution is 0.117. The largest absolute Gasteiger partial charge is 0.326 e. The lowest BCUT2D eigenvalue weighted by Crippen LogP contribution is -2.45. The molecule has 3 rings (SSSR count). The Hall–Kier alpha value is 0.1000. The fraction of sp³-hybridized carbons (Fsp3) is 0.765. The predicted octanol–water partition coefficient (Wildman–Crippen LogP) is 4.94. The number of nitrogens with zero attached hydrogens (tertiary/aromatic N) is 1. The van der Waals surface area contributed by atoms with Crippen molar-refractivity contribution in [3.05, 3.63) is 20.8 Å². The Morgan fingerprint density at radius 2 is 2.10 bits per heavy atom. The first-order chi connectivity index (χ1) is 10.2. The van der Waals surface area contributed by atoms with E-state index in [4.69, 9.17) is 5.73 Å². The Bertz CT molecular complexity index is 455. The number of nitrogens with two attached hydrogens (primary N) is 1. The standard InChI is InChI=1S/C17H27BrN2S/c1-2-14(19)17(16-10-13(18)11-21-16)20-9-5-8-15(20)12-6-3-4-7-12/h10-12,14-15,17H,2-9,19H2,1H3. The van der Waals surface area contributed by atoms with Gasteiger partial charge in [0.2, 0.25) is 0 Å². The third kappa shape index (κ3) is 3.39. The van der Waals surface area contributed by atoms with Crippen molar-refractivity contribution >= 4 is 27.3 Å². The minimum absolute atomic E-state index is 0.248. The van der Waals surface area contributed by atoms with Crippen LogP contribution in [0.1, 0.15) is 62.8 Å². The van der Waals surface area contributed by atoms with Crippen LogP contribution in [0.25, 0.3) is 0 Å². The van der Waals surface area contributed by atoms with Crippen molar-refractivity contribution in [2.24, 2.45) is 11.7 Å². The second kappa shape index (κ2) is 7.12. The normalized spacial score (nSPS) is 27.3. The highest BCUT2D eigenvalue weighted by atomic mass is 79.9. The van der Waals surface area contributed by atoms with Crippen molar-refractivity contribution in [1.29, 1.82) is 0 Å². The lowest BCUT2D eigenvalue weighted by atomic mass is 9.93. The van der Waals surface area contributed by atoms with Crippen LogP contribution < -0.4 is 5.73 Å². The molecule has 2 N–H and O–H groups in total. The first-order valence-electron chi connectivity index (χ1n) is 8.46. The maximum Gasteiger partial charge on any atom is 0.0596 e. The van der Waals surface area contributed by atoms with Crippen molar-refractivity contribution in [2.75, 3.05) is 6.54 Å². The topological polar surface area (TPSA) is 29.3 Å². The third-order valence-electron chi connectivity index (χ3n) is 5.40. The number of thiophene rings is 1. The van der Waals surface area contributed by atoms with E-state index in [-0.39, 0.29) is 6.04 Å². The number of hydrogen-bond acceptors (Lipinski definition) is 3. The maximum atomic E-state index is 6.55. The molecule has 1 aliphatic heterocycles. The van der Waals surface area contributed by atoms with E-state index >= 15 is 0 Å². The Kier molecular flexibility index (Phi) is 5.41. The number of likely N-dealkylation sites (tertiary alicyclic amines) is 1. The molecule has 0 amide bonds. The average Bonchev–Trinajstić information content (AvgIpc) is 3.19. The smallest absolute Gasteiger partial charge is 0.0596 e. The van der Waals surface area contributed by atoms with Gasteiger partial charge >= 0.3 is 0 Å². The molecule has 1 aliphatic carbocycles. The Balaban J connectivity index is 1.84. The summed E-state index contributed by atoms with van der Waals surface area (Å²) in [5.41, 5.74) is 6.55. The molecule has 0 spiro atoms. The highest BCUT2D eigenvalue weighted by Gasteiger charge is 2.39. The van der Waals surface area contributed by atoms with Gasteiger partial charge in [0.25, 0.3) is 0 Å². The molecule has 1 aromatic heterocycles. The predicted molar refractivity (Wildman–Crippen MR) is 94.7 cm³/mol. The monoisotopic (exact) mass is 370 g/mol. The van der Waals surface area contributed by atoms with Crippen molar-refractivity contribution in [1.82, 2.24) is 4.90 Å². The average molecular weight is 371 g/mol. The molecule has 0 aromatic carbocycles. The summed E-state index contributed by atoms with van der Waals surface area (Å²) in [6, 6.07) is 3.72. The van der Waals surface area contributed by atoms with Crippen LogP contribution >= 0.6 is 27.3 Å². The number of rotatable bonds is 5. The SMILES string of the molecule is CCC(N)C(c1cc(Br)cs1)N1CCCC1C1CCCC1. The molecule has 3 atom stereocenters. The minimum Gasteiger partial charge on any atom is -0.326 e. The van der Waals surface area contributed by atoms with Crippen LogP contribution in [0.3, 0.4) is 0 Å². The number of hydrogen-bond donors (Lipinski definition) is 1. The first kappa shape index (κ1) is 16.0. The van der Waals surface area contributed by atoms with Gasteiger partial charge in [0.15, 0.2) is 0 Å². The van der Waals surface area contributed by atoms with E-state index in [9.17, 15) is 0 Å². The van der Waals surface area contributed by atoms with E-state index in [1.807, 2.05) is 11.3 Å². The van der Waals surface area contributed by atoms with Gasteiger partial charge in [0.05, 0.1) is 6.04 Å². The van der Waals surface area contributed by atoms with Gasteiger partial charge in [0, 0.05) is 26.8 Å². The first-order valence-corrected chi connectivity index (χ1v) is 10.1. The molecular formula is C17H27BrN2S. The summed E-state index contributed by atoms with van der Waals surface area (Å²) in [6.07, 6.45) is 9.51. The molecule has 0 radical (unpaired) electrons. The zero-order chi connectivity index (χ0) is 14.8. The molecule has 1 saturated carbocycles. The van der Waals surface area contributed by atoms with Crippen LogP contribution in [-0.2, 0) is 0 Å². The molecule has 2 fully saturated rings. The molecule has 21 heavy (non-hydrogen) atoms. The van der Waals surface area contributed by atoms with Crippen LogP contribution in [0.15, 0.2) is 15.9 Å². The van der Waals surface area contributed by atoms with E-state index in [1.165, 1.54) is 54.4 Å². The third-order valence-corrected chi connectivity index (χ3v) is 7.16. The molecule has 118 valence electrons. The number of halogens is 1. The molecule has 1 aromatic rings. The molecule has 3 unspecified atom stereocenters. The van der Waals surface area contributed by atoms with Gasteiger partial charge in [-0.05, 0) is 66.6 Å². The molecule has 2 aliphatic rings. The van der Waals surface area contributed by atoms with E-state index in [2.05, 4.69) is 39.2 Å². The summed E-state index contributed by atoms with van der Waals surface area (Å²) in [5, 5.41) is 2.20. The zero-order valence-electron chi connectivity index (χ0n) is 12.9. The summed E-state index contributed by atoms with van der Waals surface area (Å²) in [4.78, 5) is 4.21. The molecule has 0 bridgehead atoms. The summed E-state index contributed by atoms with van der Waals surface area (Å²) in [7, 11) is 0. The quantitative estimate of drug-likeness (QED) is 0.794. The van der Waals surface area contributed by atoms with Crippen LogP contribution in [0.4, 0.5) is 0 Å². The fourth-order valence-electron chi connectivity index (χ4n) is 4.34. The van der Waals surface area contributed by atoms with E-state index in [0.717, 1.165) is 18.4 Å². The van der Waals surface area contributed by atoms with Gasteiger partial charge in [0.1, 0.15) is 0 Å². The molecular weight excluding hydrogens is 344 g/mol. The molecule has 2 heterocycles. The van der Waals surface area contributed by atoms with E-state index < -0.39 is 0 Å². The fourth-order valence-corrected chi connectivity index (χ4v) is 5.98. The summed E-state index contributed by atoms with van der Waals surface area (Å²) in [5.74, 6) is 0.919. The summed E-state index contributed by atoms with van der Waals surface area (Å²) in [6.45, 7) is 3.45. The van der Waals surface area contributed by atoms with Crippen LogP contribution in [0, 0.1) is 5.92 Å². The van der Waals surface area contributed by atoms with E-state index in [0.29, 0.717) is 6.04 Å². The molecule has 1 saturated heterocycles. The lowest BCUT2D eigenvalue weighted by Gasteiger charge is -2.38. The van der Waals surface area contributed by atoms with Gasteiger partial charge in [-0.2, -0.15) is 0 Å². The van der Waals surface area contributed by atoms with Crippen molar-refractivity contribution in [3.63, 3.8) is 0 Å². The Morgan fingerprint density at radius 3 is 2.71 bits per heavy atom. The second-order valence-corrected chi connectivity index (χ2v) is 8.53. The van der Waals surface area contributed by atoms with Gasteiger partial charge in [-0.15, -0.1) is 11.3 Å². The summed E-state index contributed by atoms with van der Waals surface area (Å²) < 4.78 is 1.20. The Labute approximate surface area is 141 Å². The maximum absolute atomic E-state index is 6.55. The van der Waals surface area contributed by atoms with Crippen LogP contribution in [-0.4, -0.2) is 23.5 Å². The van der Waals surface area contributed by atoms with Crippen molar-refractivity contribution < 1.29 is 0 Å². The van der Waals surface area contributed by atoms with E-state index in [1.54, 1.807) is 0 Å². The highest BCUT2D eigenvalue weighted by molar-refractivity contribution is 9.10. The summed E-state index contributed by atoms with van der Waals surface area (Å²) >= 11 is 5.48. The van der Waals surface area contributed by atoms with Gasteiger partial charge < -0.3 is 5.73 Å². The van der Waals surface area contributed by atoms with Gasteiger partial charge in [-0.25, -0.2) is 0 Å². The van der Waals surface area contributed by atoms with Gasteiger partial charge in [-0.1, -0.05) is 19.8 Å². The Morgan fingerprint density at radius 1 is 1.33 bits per heavy atom. The van der Waals surface area contributed by atoms with Gasteiger partial charge in [-0.3, -0.25) is 4.90 Å². The van der Waals surface area contributed by atoms with Crippen LogP contribution in [0.5, 0.6) is 0 Å². The molecule has 4 heteroatoms. The second-order valence-electron chi connectivity index (χ2n) is 6.68. The highest BCUT2D eigenvalue weighted by Crippen LogP contribution is 2.42. The zero-order valence-corrected chi connectivity index (χ0v) is 15.3. The minimum atomic E-state index is 0.248. The van der Waals surface area contributed by atoms with Crippen molar-refractivity contribution in [2.45, 2.75) is 70.0 Å². The van der Waals surface area contributed by atoms with Crippen molar-refractivity contribution in [3.8, 4) is 0 Å². The molecule has 2 nitrogen and oxygen atoms in total.